The Kier molecular flexibility index (Phi) is 4.14. The van der Waals surface area contributed by atoms with Crippen molar-refractivity contribution in [3.8, 4) is 10.6 Å². The molecule has 2 aromatic heterocycles. The molecule has 1 fully saturated rings. The van der Waals surface area contributed by atoms with E-state index in [9.17, 15) is 9.90 Å². The molecule has 4 nitrogen and oxygen atoms in total. The molecule has 1 amide bonds. The van der Waals surface area contributed by atoms with E-state index in [0.29, 0.717) is 12.2 Å². The van der Waals surface area contributed by atoms with Gasteiger partial charge < -0.3 is 10.4 Å². The van der Waals surface area contributed by atoms with Gasteiger partial charge in [0, 0.05) is 28.8 Å². The smallest absolute Gasteiger partial charge is 0.270 e. The lowest BCUT2D eigenvalue weighted by Gasteiger charge is -2.14. The number of carbonyl (C=O) groups excluding carboxylic acids is 1. The maximum atomic E-state index is 12.0. The lowest BCUT2D eigenvalue weighted by molar-refractivity contribution is 0.0913. The van der Waals surface area contributed by atoms with Crippen LogP contribution in [0.25, 0.3) is 10.6 Å². The van der Waals surface area contributed by atoms with Crippen LogP contribution in [0.15, 0.2) is 22.2 Å². The molecule has 1 aliphatic carbocycles. The van der Waals surface area contributed by atoms with Gasteiger partial charge in [-0.15, -0.1) is 11.3 Å². The molecule has 0 aromatic carbocycles. The maximum absolute atomic E-state index is 12.0. The summed E-state index contributed by atoms with van der Waals surface area (Å²) in [6.07, 6.45) is 2.60. The number of hydrogen-bond donors (Lipinski definition) is 2. The predicted octanol–water partition coefficient (Wildman–Crippen LogP) is 2.76. The number of thiazole rings is 1. The molecule has 2 heterocycles. The Balaban J connectivity index is 1.60. The van der Waals surface area contributed by atoms with Gasteiger partial charge in [-0.05, 0) is 24.3 Å². The van der Waals surface area contributed by atoms with Crippen molar-refractivity contribution in [3.63, 3.8) is 0 Å². The summed E-state index contributed by atoms with van der Waals surface area (Å²) in [6, 6.07) is 2.00. The Morgan fingerprint density at radius 2 is 2.35 bits per heavy atom. The molecule has 2 unspecified atom stereocenters. The van der Waals surface area contributed by atoms with Crippen LogP contribution in [0.3, 0.4) is 0 Å². The number of rotatable bonds is 4. The molecule has 1 saturated carbocycles. The van der Waals surface area contributed by atoms with Gasteiger partial charge in [0.2, 0.25) is 0 Å². The van der Waals surface area contributed by atoms with Gasteiger partial charge in [0.25, 0.3) is 5.91 Å². The Labute approximate surface area is 125 Å². The minimum absolute atomic E-state index is 0.151. The van der Waals surface area contributed by atoms with Crippen LogP contribution >= 0.6 is 22.7 Å². The SMILES string of the molecule is O=C(NCC1CCCC1O)c1csc(-c2ccsc2)n1. The Bertz CT molecular complexity index is 580. The number of thiophene rings is 1. The van der Waals surface area contributed by atoms with E-state index in [1.54, 1.807) is 16.7 Å². The van der Waals surface area contributed by atoms with Gasteiger partial charge in [0.05, 0.1) is 6.10 Å². The summed E-state index contributed by atoms with van der Waals surface area (Å²) in [5.74, 6) is 0.0377. The number of nitrogens with one attached hydrogen (secondary N) is 1. The van der Waals surface area contributed by atoms with Crippen LogP contribution in [0, 0.1) is 5.92 Å². The van der Waals surface area contributed by atoms with Crippen LogP contribution in [-0.4, -0.2) is 28.6 Å². The molecular weight excluding hydrogens is 292 g/mol. The number of aliphatic hydroxyl groups is 1. The van der Waals surface area contributed by atoms with Crippen molar-refractivity contribution >= 4 is 28.6 Å². The molecule has 0 radical (unpaired) electrons. The van der Waals surface area contributed by atoms with Crippen molar-refractivity contribution < 1.29 is 9.90 Å². The van der Waals surface area contributed by atoms with Crippen LogP contribution in [0.4, 0.5) is 0 Å². The molecule has 0 aliphatic heterocycles. The molecular formula is C14H16N2O2S2. The second-order valence-corrected chi connectivity index (χ2v) is 6.66. The summed E-state index contributed by atoms with van der Waals surface area (Å²) in [7, 11) is 0. The highest BCUT2D eigenvalue weighted by Gasteiger charge is 2.25. The topological polar surface area (TPSA) is 62.2 Å². The van der Waals surface area contributed by atoms with E-state index >= 15 is 0 Å². The van der Waals surface area contributed by atoms with E-state index in [1.165, 1.54) is 11.3 Å². The molecule has 3 rings (SSSR count). The van der Waals surface area contributed by atoms with E-state index < -0.39 is 0 Å². The summed E-state index contributed by atoms with van der Waals surface area (Å²) in [6.45, 7) is 0.533. The van der Waals surface area contributed by atoms with E-state index in [0.717, 1.165) is 29.8 Å². The third-order valence-electron chi connectivity index (χ3n) is 3.65. The monoisotopic (exact) mass is 308 g/mol. The molecule has 2 N–H and O–H groups in total. The molecule has 0 bridgehead atoms. The first-order valence-corrected chi connectivity index (χ1v) is 8.50. The van der Waals surface area contributed by atoms with Crippen molar-refractivity contribution in [3.05, 3.63) is 27.9 Å². The van der Waals surface area contributed by atoms with Gasteiger partial charge >= 0.3 is 0 Å². The summed E-state index contributed by atoms with van der Waals surface area (Å²) in [4.78, 5) is 16.4. The molecule has 0 saturated heterocycles. The lowest BCUT2D eigenvalue weighted by Crippen LogP contribution is -2.32. The fraction of sp³-hybridized carbons (Fsp3) is 0.429. The molecule has 2 atom stereocenters. The minimum atomic E-state index is -0.271. The Morgan fingerprint density at radius 3 is 3.05 bits per heavy atom. The molecule has 1 aliphatic rings. The zero-order valence-corrected chi connectivity index (χ0v) is 12.5. The van der Waals surface area contributed by atoms with Gasteiger partial charge in [-0.25, -0.2) is 4.98 Å². The summed E-state index contributed by atoms with van der Waals surface area (Å²) < 4.78 is 0. The fourth-order valence-electron chi connectivity index (χ4n) is 2.47. The van der Waals surface area contributed by atoms with Crippen molar-refractivity contribution in [1.29, 1.82) is 0 Å². The largest absolute Gasteiger partial charge is 0.393 e. The van der Waals surface area contributed by atoms with Crippen LogP contribution in [0.2, 0.25) is 0 Å². The number of nitrogens with zero attached hydrogens (tertiary/aromatic N) is 1. The highest BCUT2D eigenvalue weighted by atomic mass is 32.1. The summed E-state index contributed by atoms with van der Waals surface area (Å²) in [5.41, 5.74) is 1.52. The average molecular weight is 308 g/mol. The Hall–Kier alpha value is -1.24. The molecule has 20 heavy (non-hydrogen) atoms. The van der Waals surface area contributed by atoms with Crippen LogP contribution in [0.1, 0.15) is 29.8 Å². The number of carbonyl (C=O) groups is 1. The standard InChI is InChI=1S/C14H16N2O2S2/c17-12-3-1-2-9(12)6-15-13(18)11-8-20-14(16-11)10-4-5-19-7-10/h4-5,7-9,12,17H,1-3,6H2,(H,15,18). The van der Waals surface area contributed by atoms with E-state index in [4.69, 9.17) is 0 Å². The third kappa shape index (κ3) is 2.92. The van der Waals surface area contributed by atoms with Gasteiger partial charge in [-0.3, -0.25) is 4.79 Å². The van der Waals surface area contributed by atoms with Crippen LogP contribution in [0.5, 0.6) is 0 Å². The Morgan fingerprint density at radius 1 is 1.45 bits per heavy atom. The number of aromatic nitrogens is 1. The average Bonchev–Trinajstić information content (AvgIpc) is 3.17. The second-order valence-electron chi connectivity index (χ2n) is 5.02. The van der Waals surface area contributed by atoms with E-state index in [1.807, 2.05) is 16.8 Å². The zero-order valence-electron chi connectivity index (χ0n) is 10.9. The molecule has 6 heteroatoms. The van der Waals surface area contributed by atoms with Crippen LogP contribution in [-0.2, 0) is 0 Å². The van der Waals surface area contributed by atoms with Crippen molar-refractivity contribution in [2.24, 2.45) is 5.92 Å². The molecule has 0 spiro atoms. The normalized spacial score (nSPS) is 22.1. The summed E-state index contributed by atoms with van der Waals surface area (Å²) in [5, 5.41) is 19.3. The van der Waals surface area contributed by atoms with E-state index in [-0.39, 0.29) is 17.9 Å². The molecule has 2 aromatic rings. The highest BCUT2D eigenvalue weighted by Crippen LogP contribution is 2.26. The minimum Gasteiger partial charge on any atom is -0.393 e. The first kappa shape index (κ1) is 13.7. The van der Waals surface area contributed by atoms with Crippen molar-refractivity contribution in [2.75, 3.05) is 6.54 Å². The maximum Gasteiger partial charge on any atom is 0.270 e. The number of amides is 1. The first-order valence-electron chi connectivity index (χ1n) is 6.68. The number of hydrogen-bond acceptors (Lipinski definition) is 5. The third-order valence-corrected chi connectivity index (χ3v) is 5.22. The lowest BCUT2D eigenvalue weighted by atomic mass is 10.1. The highest BCUT2D eigenvalue weighted by molar-refractivity contribution is 7.14. The van der Waals surface area contributed by atoms with Gasteiger partial charge in [-0.1, -0.05) is 6.42 Å². The van der Waals surface area contributed by atoms with Gasteiger partial charge in [-0.2, -0.15) is 11.3 Å². The van der Waals surface area contributed by atoms with Gasteiger partial charge in [0.15, 0.2) is 0 Å². The van der Waals surface area contributed by atoms with Crippen LogP contribution < -0.4 is 5.32 Å². The van der Waals surface area contributed by atoms with Gasteiger partial charge in [0.1, 0.15) is 10.7 Å². The second kappa shape index (κ2) is 6.03. The van der Waals surface area contributed by atoms with Crippen molar-refractivity contribution in [2.45, 2.75) is 25.4 Å². The summed E-state index contributed by atoms with van der Waals surface area (Å²) >= 11 is 3.10. The van der Waals surface area contributed by atoms with Crippen molar-refractivity contribution in [1.82, 2.24) is 10.3 Å². The van der Waals surface area contributed by atoms with E-state index in [2.05, 4.69) is 10.3 Å². The predicted molar refractivity (Wildman–Crippen MR) is 81.1 cm³/mol. The first-order chi connectivity index (χ1) is 9.74. The fourth-order valence-corrected chi connectivity index (χ4v) is 3.98. The quantitative estimate of drug-likeness (QED) is 0.913. The number of aliphatic hydroxyl groups excluding tert-OH is 1. The molecule has 106 valence electrons. The zero-order chi connectivity index (χ0) is 13.9.